The Morgan fingerprint density at radius 3 is 2.45 bits per heavy atom. The fourth-order valence-corrected chi connectivity index (χ4v) is 9.25. The summed E-state index contributed by atoms with van der Waals surface area (Å²) in [6.07, 6.45) is -0.0971. The van der Waals surface area contributed by atoms with Crippen LogP contribution in [0.15, 0.2) is 36.5 Å². The zero-order valence-electron chi connectivity index (χ0n) is 35.9. The summed E-state index contributed by atoms with van der Waals surface area (Å²) in [7, 11) is -1.05. The van der Waals surface area contributed by atoms with E-state index in [1.54, 1.807) is 31.2 Å². The number of halogens is 3. The summed E-state index contributed by atoms with van der Waals surface area (Å²) in [4.78, 5) is 62.3. The summed E-state index contributed by atoms with van der Waals surface area (Å²) in [5.74, 6) is -2.74. The van der Waals surface area contributed by atoms with Crippen LogP contribution in [0.1, 0.15) is 79.6 Å². The predicted molar refractivity (Wildman–Crippen MR) is 219 cm³/mol. The Morgan fingerprint density at radius 1 is 1.06 bits per heavy atom. The average Bonchev–Trinajstić information content (AvgIpc) is 4.08. The van der Waals surface area contributed by atoms with Crippen molar-refractivity contribution in [1.29, 1.82) is 0 Å². The first kappa shape index (κ1) is 46.6. The van der Waals surface area contributed by atoms with Crippen LogP contribution in [0.4, 0.5) is 18.0 Å². The Morgan fingerprint density at radius 2 is 1.79 bits per heavy atom. The molecular weight excluding hydrogens is 840 g/mol. The Bertz CT molecular complexity index is 2180. The Hall–Kier alpha value is -4.85. The lowest BCUT2D eigenvalue weighted by atomic mass is 9.88. The fraction of sp³-hybridized carbons (Fsp3) is 0.643. The van der Waals surface area contributed by atoms with Gasteiger partial charge in [-0.25, -0.2) is 18.2 Å². The number of amides is 4. The zero-order chi connectivity index (χ0) is 45.4. The number of hydrogen-bond donors (Lipinski definition) is 3. The predicted octanol–water partition coefficient (Wildman–Crippen LogP) is 4.94. The first-order chi connectivity index (χ1) is 29.0. The van der Waals surface area contributed by atoms with Crippen molar-refractivity contribution in [3.05, 3.63) is 36.5 Å². The molecule has 342 valence electrons. The highest BCUT2D eigenvalue weighted by Gasteiger charge is 2.63. The number of allylic oxidation sites excluding steroid dienone is 1. The minimum atomic E-state index is -4.93. The van der Waals surface area contributed by atoms with E-state index in [2.05, 4.69) is 20.3 Å². The van der Waals surface area contributed by atoms with E-state index in [1.807, 2.05) is 13.0 Å². The van der Waals surface area contributed by atoms with E-state index in [9.17, 15) is 40.8 Å². The van der Waals surface area contributed by atoms with Crippen molar-refractivity contribution in [3.8, 4) is 17.4 Å². The molecule has 1 aromatic heterocycles. The van der Waals surface area contributed by atoms with Crippen molar-refractivity contribution in [2.45, 2.75) is 120 Å². The third-order valence-electron chi connectivity index (χ3n) is 12.4. The Kier molecular flexibility index (Phi) is 13.3. The maximum Gasteiger partial charge on any atom is 0.427 e. The van der Waals surface area contributed by atoms with Gasteiger partial charge < -0.3 is 39.2 Å². The van der Waals surface area contributed by atoms with Gasteiger partial charge in [0.1, 0.15) is 41.8 Å². The third-order valence-corrected chi connectivity index (χ3v) is 14.6. The van der Waals surface area contributed by atoms with Crippen LogP contribution < -0.4 is 29.6 Å². The summed E-state index contributed by atoms with van der Waals surface area (Å²) < 4.78 is 96.7. The molecule has 20 heteroatoms. The first-order valence-corrected chi connectivity index (χ1v) is 22.2. The van der Waals surface area contributed by atoms with Gasteiger partial charge in [0.15, 0.2) is 0 Å². The van der Waals surface area contributed by atoms with Crippen LogP contribution in [-0.2, 0) is 33.9 Å². The number of alkyl halides is 3. The monoisotopic (exact) mass is 895 g/mol. The molecule has 0 bridgehead atoms. The molecule has 0 radical (unpaired) electrons. The van der Waals surface area contributed by atoms with Crippen molar-refractivity contribution >= 4 is 44.6 Å². The van der Waals surface area contributed by atoms with Crippen molar-refractivity contribution in [1.82, 2.24) is 25.2 Å². The minimum Gasteiger partial charge on any atom is -0.497 e. The molecule has 0 spiro atoms. The van der Waals surface area contributed by atoms with Gasteiger partial charge in [-0.3, -0.25) is 19.1 Å². The fourth-order valence-electron chi connectivity index (χ4n) is 7.94. The number of rotatable bonds is 12. The number of methoxy groups -OCH3 is 2. The molecule has 2 aliphatic carbocycles. The quantitative estimate of drug-likeness (QED) is 0.192. The summed E-state index contributed by atoms with van der Waals surface area (Å²) in [6.45, 7) is 6.79. The van der Waals surface area contributed by atoms with E-state index in [0.717, 1.165) is 0 Å². The van der Waals surface area contributed by atoms with Crippen molar-refractivity contribution in [3.63, 3.8) is 0 Å². The van der Waals surface area contributed by atoms with E-state index in [-0.39, 0.29) is 37.8 Å². The van der Waals surface area contributed by atoms with Crippen molar-refractivity contribution in [2.24, 2.45) is 17.8 Å². The maximum atomic E-state index is 14.9. The molecule has 4 amide bonds. The number of nitrogens with one attached hydrogen (secondary N) is 3. The molecule has 1 saturated heterocycles. The highest BCUT2D eigenvalue weighted by molar-refractivity contribution is 7.91. The van der Waals surface area contributed by atoms with Crippen molar-refractivity contribution in [2.75, 3.05) is 34.0 Å². The molecule has 6 rings (SSSR count). The highest BCUT2D eigenvalue weighted by Crippen LogP contribution is 2.48. The standard InChI is InChI=1S/C42H56F3N5O11S/c1-24-10-8-9-11-26-21-41(26,37(53)49-62(55,56)40(5)14-15-40)48-34(51)31-20-28(60-35-29-13-12-27(58-7)19-30(29)32(22-46-35)59-17-16-57-6)23-50(31)36(52)33(25(2)18-24)47-38(54)61-39(3,4)42(43,44)45/h9,11-13,19,22,24-26,28,31,33H,8,10,14-18,20-21,23H2,1-7H3,(H,47,54)(H,48,51)(H,49,53). The van der Waals surface area contributed by atoms with Gasteiger partial charge in [-0.1, -0.05) is 26.0 Å². The zero-order valence-corrected chi connectivity index (χ0v) is 36.7. The second-order valence-electron chi connectivity index (χ2n) is 17.7. The number of pyridine rings is 1. The lowest BCUT2D eigenvalue weighted by Crippen LogP contribution is -2.59. The van der Waals surface area contributed by atoms with Gasteiger partial charge in [0.2, 0.25) is 33.3 Å². The molecule has 2 aliphatic heterocycles. The molecule has 16 nitrogen and oxygen atoms in total. The number of ether oxygens (including phenoxy) is 5. The van der Waals surface area contributed by atoms with E-state index < -0.39 is 85.9 Å². The number of aromatic nitrogens is 1. The van der Waals surface area contributed by atoms with Crippen LogP contribution in [-0.4, -0.2) is 116 Å². The van der Waals surface area contributed by atoms with Crippen LogP contribution in [0.25, 0.3) is 10.8 Å². The van der Waals surface area contributed by atoms with Crippen LogP contribution >= 0.6 is 0 Å². The van der Waals surface area contributed by atoms with E-state index >= 15 is 0 Å². The van der Waals surface area contributed by atoms with Gasteiger partial charge in [-0.2, -0.15) is 13.2 Å². The topological polar surface area (TPSA) is 201 Å². The summed E-state index contributed by atoms with van der Waals surface area (Å²) in [5.41, 5.74) is -4.57. The molecule has 1 aromatic carbocycles. The SMILES string of the molecule is COCCOc1cnc(OC2CC3C(=O)NC4(C(=O)NS(=O)(=O)C5(C)CC5)CC4C=CCCC(C)CC(C)C(NC(=O)OC(C)(C)C(F)(F)F)C(=O)N3C2)c2ccc(OC)cc12. The van der Waals surface area contributed by atoms with Gasteiger partial charge in [0.25, 0.3) is 5.91 Å². The molecular formula is C42H56F3N5O11S. The first-order valence-electron chi connectivity index (χ1n) is 20.7. The van der Waals surface area contributed by atoms with Gasteiger partial charge in [-0.15, -0.1) is 0 Å². The number of alkyl carbamates (subject to hydrolysis) is 1. The molecule has 7 atom stereocenters. The number of fused-ring (bicyclic) bond motifs is 3. The number of nitrogens with zero attached hydrogens (tertiary/aromatic N) is 2. The van der Waals surface area contributed by atoms with E-state index in [1.165, 1.54) is 32.2 Å². The van der Waals surface area contributed by atoms with Gasteiger partial charge >= 0.3 is 12.3 Å². The normalized spacial score (nSPS) is 27.7. The number of hydrogen-bond acceptors (Lipinski definition) is 12. The molecule has 2 saturated carbocycles. The second-order valence-corrected chi connectivity index (χ2v) is 19.9. The number of carbonyl (C=O) groups is 4. The molecule has 3 fully saturated rings. The second kappa shape index (κ2) is 17.7. The number of sulfonamides is 1. The Labute approximate surface area is 359 Å². The molecule has 4 aliphatic rings. The molecule has 3 N–H and O–H groups in total. The summed E-state index contributed by atoms with van der Waals surface area (Å²) >= 11 is 0. The Balaban J connectivity index is 1.36. The molecule has 62 heavy (non-hydrogen) atoms. The van der Waals surface area contributed by atoms with Gasteiger partial charge in [-0.05, 0) is 89.3 Å². The minimum absolute atomic E-state index is 0.0548. The van der Waals surface area contributed by atoms with Crippen LogP contribution in [0.2, 0.25) is 0 Å². The summed E-state index contributed by atoms with van der Waals surface area (Å²) in [6, 6.07) is 2.31. The molecule has 7 unspecified atom stereocenters. The molecule has 3 heterocycles. The highest BCUT2D eigenvalue weighted by atomic mass is 32.2. The third kappa shape index (κ3) is 9.85. The molecule has 2 aromatic rings. The van der Waals surface area contributed by atoms with E-state index in [0.29, 0.717) is 74.8 Å². The lowest BCUT2D eigenvalue weighted by molar-refractivity contribution is -0.244. The van der Waals surface area contributed by atoms with E-state index in [4.69, 9.17) is 23.7 Å². The number of carbonyl (C=O) groups excluding carboxylic acids is 4. The lowest BCUT2D eigenvalue weighted by Gasteiger charge is -2.34. The number of benzene rings is 1. The van der Waals surface area contributed by atoms with Gasteiger partial charge in [0.05, 0.1) is 31.2 Å². The van der Waals surface area contributed by atoms with Crippen molar-refractivity contribution < 1.29 is 64.5 Å². The summed E-state index contributed by atoms with van der Waals surface area (Å²) in [5, 5.41) is 6.27. The average molecular weight is 896 g/mol. The smallest absolute Gasteiger partial charge is 0.427 e. The van der Waals surface area contributed by atoms with Gasteiger partial charge in [0, 0.05) is 30.2 Å². The maximum absolute atomic E-state index is 14.9. The largest absolute Gasteiger partial charge is 0.497 e. The van der Waals surface area contributed by atoms with Crippen LogP contribution in [0.5, 0.6) is 17.4 Å². The van der Waals surface area contributed by atoms with Crippen LogP contribution in [0.3, 0.4) is 0 Å². The van der Waals surface area contributed by atoms with Crippen LogP contribution in [0, 0.1) is 17.8 Å².